The molecule has 2 nitrogen and oxygen atoms in total. The Bertz CT molecular complexity index is 617. The zero-order chi connectivity index (χ0) is 14.3. The first-order valence-corrected chi connectivity index (χ1v) is 8.48. The van der Waals surface area contributed by atoms with Crippen molar-refractivity contribution in [3.05, 3.63) is 85.2 Å². The van der Waals surface area contributed by atoms with Gasteiger partial charge in [-0.25, -0.2) is 0 Å². The molecular formula is C18H17N2P. The Kier molecular flexibility index (Phi) is 4.60. The molecule has 1 heterocycles. The number of pyridine rings is 1. The summed E-state index contributed by atoms with van der Waals surface area (Å²) in [4.78, 5) is 4.15. The minimum atomic E-state index is -0.413. The number of anilines is 1. The van der Waals surface area contributed by atoms with Gasteiger partial charge in [-0.05, 0) is 30.7 Å². The Hall–Kier alpha value is -2.18. The van der Waals surface area contributed by atoms with Crippen molar-refractivity contribution in [2.75, 3.05) is 11.6 Å². The number of aromatic nitrogens is 1. The van der Waals surface area contributed by atoms with E-state index in [1.54, 1.807) is 6.20 Å². The van der Waals surface area contributed by atoms with E-state index in [9.17, 15) is 0 Å². The summed E-state index contributed by atoms with van der Waals surface area (Å²) >= 11 is 0. The summed E-state index contributed by atoms with van der Waals surface area (Å²) < 4.78 is 0. The van der Waals surface area contributed by atoms with E-state index in [4.69, 9.17) is 0 Å². The SMILES string of the molecule is c1ccc(P(CNc2cccnc2)c2ccccc2)cc1. The minimum Gasteiger partial charge on any atom is -0.379 e. The first-order chi connectivity index (χ1) is 10.4. The van der Waals surface area contributed by atoms with Crippen LogP contribution in [-0.2, 0) is 0 Å². The fraction of sp³-hybridized carbons (Fsp3) is 0.0556. The molecule has 1 N–H and O–H groups in total. The van der Waals surface area contributed by atoms with Crippen LogP contribution in [0.25, 0.3) is 0 Å². The highest BCUT2D eigenvalue weighted by molar-refractivity contribution is 7.73. The normalized spacial score (nSPS) is 10.5. The van der Waals surface area contributed by atoms with Gasteiger partial charge in [-0.3, -0.25) is 4.98 Å². The quantitative estimate of drug-likeness (QED) is 0.727. The van der Waals surface area contributed by atoms with E-state index in [1.807, 2.05) is 12.3 Å². The van der Waals surface area contributed by atoms with Crippen molar-refractivity contribution in [2.24, 2.45) is 0 Å². The molecule has 0 amide bonds. The molecule has 0 saturated heterocycles. The third kappa shape index (κ3) is 3.68. The first kappa shape index (κ1) is 13.8. The molecule has 0 atom stereocenters. The maximum absolute atomic E-state index is 4.15. The molecule has 0 radical (unpaired) electrons. The monoisotopic (exact) mass is 292 g/mol. The van der Waals surface area contributed by atoms with Crippen LogP contribution in [0.15, 0.2) is 85.2 Å². The molecule has 104 valence electrons. The summed E-state index contributed by atoms with van der Waals surface area (Å²) in [7, 11) is -0.413. The largest absolute Gasteiger partial charge is 0.379 e. The lowest BCUT2D eigenvalue weighted by Gasteiger charge is -2.19. The maximum Gasteiger partial charge on any atom is 0.0529 e. The number of hydrogen-bond donors (Lipinski definition) is 1. The third-order valence-corrected chi connectivity index (χ3v) is 5.56. The molecule has 2 aromatic carbocycles. The van der Waals surface area contributed by atoms with E-state index in [1.165, 1.54) is 10.6 Å². The van der Waals surface area contributed by atoms with Gasteiger partial charge in [-0.1, -0.05) is 60.7 Å². The van der Waals surface area contributed by atoms with Gasteiger partial charge in [-0.2, -0.15) is 0 Å². The smallest absolute Gasteiger partial charge is 0.0529 e. The summed E-state index contributed by atoms with van der Waals surface area (Å²) in [5.74, 6) is 0. The third-order valence-electron chi connectivity index (χ3n) is 3.24. The molecule has 0 bridgehead atoms. The Morgan fingerprint density at radius 1 is 0.762 bits per heavy atom. The van der Waals surface area contributed by atoms with Gasteiger partial charge in [0.1, 0.15) is 0 Å². The predicted molar refractivity (Wildman–Crippen MR) is 91.8 cm³/mol. The van der Waals surface area contributed by atoms with E-state index in [2.05, 4.69) is 77.0 Å². The number of hydrogen-bond acceptors (Lipinski definition) is 2. The van der Waals surface area contributed by atoms with Gasteiger partial charge in [0.25, 0.3) is 0 Å². The molecule has 0 aliphatic rings. The van der Waals surface area contributed by atoms with E-state index in [0.717, 1.165) is 12.0 Å². The second-order valence-electron chi connectivity index (χ2n) is 4.68. The fourth-order valence-electron chi connectivity index (χ4n) is 2.19. The van der Waals surface area contributed by atoms with E-state index < -0.39 is 7.92 Å². The van der Waals surface area contributed by atoms with Gasteiger partial charge in [-0.15, -0.1) is 0 Å². The summed E-state index contributed by atoms with van der Waals surface area (Å²) in [6, 6.07) is 25.4. The second-order valence-corrected chi connectivity index (χ2v) is 6.88. The molecule has 3 heteroatoms. The molecule has 0 saturated carbocycles. The van der Waals surface area contributed by atoms with Crippen molar-refractivity contribution in [1.29, 1.82) is 0 Å². The average molecular weight is 292 g/mol. The van der Waals surface area contributed by atoms with Crippen molar-refractivity contribution in [3.63, 3.8) is 0 Å². The fourth-order valence-corrected chi connectivity index (χ4v) is 4.25. The number of rotatable bonds is 5. The minimum absolute atomic E-state index is 0.413. The van der Waals surface area contributed by atoms with Crippen LogP contribution in [0.5, 0.6) is 0 Å². The molecule has 1 aromatic heterocycles. The van der Waals surface area contributed by atoms with Crippen molar-refractivity contribution in [3.8, 4) is 0 Å². The highest BCUT2D eigenvalue weighted by atomic mass is 31.1. The van der Waals surface area contributed by atoms with Crippen molar-refractivity contribution in [2.45, 2.75) is 0 Å². The Morgan fingerprint density at radius 3 is 1.90 bits per heavy atom. The van der Waals surface area contributed by atoms with Crippen LogP contribution in [0.3, 0.4) is 0 Å². The summed E-state index contributed by atoms with van der Waals surface area (Å²) in [5.41, 5.74) is 1.07. The average Bonchev–Trinajstić information content (AvgIpc) is 2.58. The van der Waals surface area contributed by atoms with Crippen LogP contribution in [0.4, 0.5) is 5.69 Å². The van der Waals surface area contributed by atoms with Gasteiger partial charge < -0.3 is 5.32 Å². The summed E-state index contributed by atoms with van der Waals surface area (Å²) in [6.45, 7) is 0. The molecule has 0 unspecified atom stereocenters. The van der Waals surface area contributed by atoms with Gasteiger partial charge >= 0.3 is 0 Å². The van der Waals surface area contributed by atoms with Crippen molar-refractivity contribution in [1.82, 2.24) is 4.98 Å². The number of nitrogens with zero attached hydrogens (tertiary/aromatic N) is 1. The van der Waals surface area contributed by atoms with Crippen LogP contribution in [-0.4, -0.2) is 11.3 Å². The predicted octanol–water partition coefficient (Wildman–Crippen LogP) is 3.58. The molecule has 3 rings (SSSR count). The zero-order valence-corrected chi connectivity index (χ0v) is 12.6. The summed E-state index contributed by atoms with van der Waals surface area (Å²) in [5, 5.41) is 6.28. The topological polar surface area (TPSA) is 24.9 Å². The van der Waals surface area contributed by atoms with E-state index >= 15 is 0 Å². The van der Waals surface area contributed by atoms with Crippen LogP contribution in [0.2, 0.25) is 0 Å². The van der Waals surface area contributed by atoms with Crippen molar-refractivity contribution >= 4 is 24.2 Å². The zero-order valence-electron chi connectivity index (χ0n) is 11.7. The Morgan fingerprint density at radius 2 is 1.38 bits per heavy atom. The van der Waals surface area contributed by atoms with E-state index in [-0.39, 0.29) is 0 Å². The number of nitrogens with one attached hydrogen (secondary N) is 1. The van der Waals surface area contributed by atoms with Gasteiger partial charge in [0.2, 0.25) is 0 Å². The van der Waals surface area contributed by atoms with Crippen LogP contribution in [0, 0.1) is 0 Å². The standard InChI is InChI=1S/C18H17N2P/c1-3-9-17(10-4-1)21(18-11-5-2-6-12-18)15-20-16-8-7-13-19-14-16/h1-14,20H,15H2. The molecule has 3 aromatic rings. The van der Waals surface area contributed by atoms with Crippen LogP contribution in [0.1, 0.15) is 0 Å². The molecular weight excluding hydrogens is 275 g/mol. The highest BCUT2D eigenvalue weighted by Gasteiger charge is 2.12. The Balaban J connectivity index is 1.83. The summed E-state index contributed by atoms with van der Waals surface area (Å²) in [6.07, 6.45) is 4.57. The van der Waals surface area contributed by atoms with E-state index in [0.29, 0.717) is 0 Å². The number of benzene rings is 2. The molecule has 0 aliphatic heterocycles. The molecule has 0 aliphatic carbocycles. The maximum atomic E-state index is 4.15. The Labute approximate surface area is 126 Å². The van der Waals surface area contributed by atoms with Crippen LogP contribution < -0.4 is 15.9 Å². The lowest BCUT2D eigenvalue weighted by atomic mass is 10.4. The van der Waals surface area contributed by atoms with Crippen LogP contribution >= 0.6 is 7.92 Å². The highest BCUT2D eigenvalue weighted by Crippen LogP contribution is 2.33. The van der Waals surface area contributed by atoms with Gasteiger partial charge in [0, 0.05) is 18.7 Å². The van der Waals surface area contributed by atoms with Crippen molar-refractivity contribution < 1.29 is 0 Å². The molecule has 0 fully saturated rings. The molecule has 21 heavy (non-hydrogen) atoms. The van der Waals surface area contributed by atoms with Gasteiger partial charge in [0.05, 0.1) is 5.69 Å². The lowest BCUT2D eigenvalue weighted by molar-refractivity contribution is 1.30. The molecule has 0 spiro atoms. The first-order valence-electron chi connectivity index (χ1n) is 6.95. The second kappa shape index (κ2) is 7.01. The van der Waals surface area contributed by atoms with Gasteiger partial charge in [0.15, 0.2) is 0 Å². The lowest BCUT2D eigenvalue weighted by Crippen LogP contribution is -2.17.